The second-order valence-corrected chi connectivity index (χ2v) is 16.0. The maximum Gasteiger partial charge on any atom is 0.271 e. The molecule has 46 heavy (non-hydrogen) atoms. The quantitative estimate of drug-likeness (QED) is 0.0748. The second kappa shape index (κ2) is 13.9. The molecule has 0 radical (unpaired) electrons. The molecule has 6 heterocycles. The van der Waals surface area contributed by atoms with E-state index >= 15 is 0 Å². The largest absolute Gasteiger partial charge is 0.274 e. The minimum absolute atomic E-state index is 0.164. The standard InChI is InChI=1S/C35H37N3O4S4/c1-5-7-9-11-17-37-32(39)26-20(3)28(45-30(26)34(37)41)23-14-13-22(43-23)19-36-25-16-15-24(44-25)29-21(4)27-31(46-29)35(42)38(33(27)40)18-12-10-8-6-2/h13-16,19H,5-12,17-18H2,1-4H3/b36-19+. The smallest absolute Gasteiger partial charge is 0.271 e. The molecule has 2 aliphatic heterocycles. The molecule has 4 amide bonds. The van der Waals surface area contributed by atoms with E-state index in [1.807, 2.05) is 44.3 Å². The van der Waals surface area contributed by atoms with Gasteiger partial charge in [0, 0.05) is 43.7 Å². The number of amides is 4. The molecule has 4 aromatic heterocycles. The van der Waals surface area contributed by atoms with Crippen LogP contribution in [0.5, 0.6) is 0 Å². The first-order valence-electron chi connectivity index (χ1n) is 16.0. The molecule has 0 bridgehead atoms. The van der Waals surface area contributed by atoms with Gasteiger partial charge in [-0.2, -0.15) is 0 Å². The van der Waals surface area contributed by atoms with E-state index in [-0.39, 0.29) is 23.6 Å². The van der Waals surface area contributed by atoms with Crippen molar-refractivity contribution in [2.75, 3.05) is 13.1 Å². The number of rotatable bonds is 14. The Labute approximate surface area is 285 Å². The molecule has 7 nitrogen and oxygen atoms in total. The Morgan fingerprint density at radius 2 is 1.09 bits per heavy atom. The molecule has 2 aliphatic rings. The Morgan fingerprint density at radius 1 is 0.587 bits per heavy atom. The number of aliphatic imine (C=N–C) groups is 1. The van der Waals surface area contributed by atoms with E-state index in [2.05, 4.69) is 13.8 Å². The average Bonchev–Trinajstić information content (AvgIpc) is 3.88. The Hall–Kier alpha value is -3.25. The van der Waals surface area contributed by atoms with Crippen molar-refractivity contribution in [1.29, 1.82) is 0 Å². The molecule has 0 N–H and O–H groups in total. The molecule has 0 unspecified atom stereocenters. The van der Waals surface area contributed by atoms with E-state index in [0.717, 1.165) is 91.9 Å². The van der Waals surface area contributed by atoms with Crippen LogP contribution >= 0.6 is 45.3 Å². The monoisotopic (exact) mass is 691 g/mol. The summed E-state index contributed by atoms with van der Waals surface area (Å²) in [5, 5.41) is 0.828. The van der Waals surface area contributed by atoms with Crippen LogP contribution in [0.1, 0.15) is 121 Å². The fraction of sp³-hybridized carbons (Fsp3) is 0.400. The maximum atomic E-state index is 13.1. The van der Waals surface area contributed by atoms with Crippen LogP contribution in [-0.4, -0.2) is 52.7 Å². The van der Waals surface area contributed by atoms with Gasteiger partial charge in [-0.15, -0.1) is 45.3 Å². The fourth-order valence-electron chi connectivity index (χ4n) is 6.00. The lowest BCUT2D eigenvalue weighted by Crippen LogP contribution is -2.31. The van der Waals surface area contributed by atoms with Gasteiger partial charge in [0.2, 0.25) is 0 Å². The van der Waals surface area contributed by atoms with Gasteiger partial charge in [0.1, 0.15) is 14.8 Å². The van der Waals surface area contributed by atoms with Crippen LogP contribution in [0.3, 0.4) is 0 Å². The van der Waals surface area contributed by atoms with Gasteiger partial charge in [-0.3, -0.25) is 29.0 Å². The summed E-state index contributed by atoms with van der Waals surface area (Å²) in [6.07, 6.45) is 10.0. The molecule has 240 valence electrons. The van der Waals surface area contributed by atoms with Crippen molar-refractivity contribution in [3.05, 3.63) is 61.2 Å². The van der Waals surface area contributed by atoms with Gasteiger partial charge in [-0.25, -0.2) is 4.99 Å². The van der Waals surface area contributed by atoms with Crippen molar-refractivity contribution in [3.8, 4) is 19.5 Å². The summed E-state index contributed by atoms with van der Waals surface area (Å²) < 4.78 is 0. The maximum absolute atomic E-state index is 13.1. The number of unbranched alkanes of at least 4 members (excludes halogenated alkanes) is 6. The number of carbonyl (C=O) groups is 4. The molecule has 0 atom stereocenters. The van der Waals surface area contributed by atoms with Crippen LogP contribution in [0.2, 0.25) is 0 Å². The first-order chi connectivity index (χ1) is 22.2. The molecule has 0 aromatic carbocycles. The number of nitrogens with zero attached hydrogens (tertiary/aromatic N) is 3. The Morgan fingerprint density at radius 3 is 1.59 bits per heavy atom. The highest BCUT2D eigenvalue weighted by Gasteiger charge is 2.41. The van der Waals surface area contributed by atoms with E-state index in [1.165, 1.54) is 43.8 Å². The number of hydrogen-bond acceptors (Lipinski definition) is 9. The summed E-state index contributed by atoms with van der Waals surface area (Å²) >= 11 is 5.93. The summed E-state index contributed by atoms with van der Waals surface area (Å²) in [4.78, 5) is 65.9. The van der Waals surface area contributed by atoms with Crippen molar-refractivity contribution in [2.24, 2.45) is 4.99 Å². The first-order valence-corrected chi connectivity index (χ1v) is 19.2. The molecule has 6 rings (SSSR count). The van der Waals surface area contributed by atoms with Crippen molar-refractivity contribution in [1.82, 2.24) is 9.80 Å². The summed E-state index contributed by atoms with van der Waals surface area (Å²) in [7, 11) is 0. The predicted octanol–water partition coefficient (Wildman–Crippen LogP) is 9.99. The number of hydrogen-bond donors (Lipinski definition) is 0. The van der Waals surface area contributed by atoms with Gasteiger partial charge in [0.15, 0.2) is 0 Å². The third kappa shape index (κ3) is 5.98. The minimum Gasteiger partial charge on any atom is -0.274 e. The molecule has 0 spiro atoms. The number of imide groups is 2. The molecular weight excluding hydrogens is 655 g/mol. The van der Waals surface area contributed by atoms with Crippen LogP contribution in [-0.2, 0) is 0 Å². The highest BCUT2D eigenvalue weighted by Crippen LogP contribution is 2.45. The van der Waals surface area contributed by atoms with Crippen LogP contribution in [0.15, 0.2) is 29.3 Å². The highest BCUT2D eigenvalue weighted by molar-refractivity contribution is 7.25. The van der Waals surface area contributed by atoms with Gasteiger partial charge in [-0.05, 0) is 62.1 Å². The number of carbonyl (C=O) groups excluding carboxylic acids is 4. The Kier molecular flexibility index (Phi) is 9.84. The normalized spacial score (nSPS) is 14.5. The third-order valence-electron chi connectivity index (χ3n) is 8.55. The molecular formula is C35H37N3O4S4. The predicted molar refractivity (Wildman–Crippen MR) is 191 cm³/mol. The van der Waals surface area contributed by atoms with E-state index in [4.69, 9.17) is 4.99 Å². The summed E-state index contributed by atoms with van der Waals surface area (Å²) in [5.41, 5.74) is 2.86. The molecule has 11 heteroatoms. The molecule has 0 fully saturated rings. The fourth-order valence-corrected chi connectivity index (χ4v) is 10.6. The van der Waals surface area contributed by atoms with Gasteiger partial charge in [0.05, 0.1) is 11.1 Å². The lowest BCUT2D eigenvalue weighted by molar-refractivity contribution is 0.0637. The van der Waals surface area contributed by atoms with Crippen LogP contribution in [0.25, 0.3) is 19.5 Å². The first kappa shape index (κ1) is 32.7. The van der Waals surface area contributed by atoms with Crippen molar-refractivity contribution >= 4 is 80.2 Å². The van der Waals surface area contributed by atoms with E-state index < -0.39 is 0 Å². The Bertz CT molecular complexity index is 1720. The second-order valence-electron chi connectivity index (χ2n) is 11.8. The summed E-state index contributed by atoms with van der Waals surface area (Å²) in [6, 6.07) is 7.98. The van der Waals surface area contributed by atoms with Gasteiger partial charge < -0.3 is 0 Å². The average molecular weight is 692 g/mol. The molecule has 0 saturated heterocycles. The van der Waals surface area contributed by atoms with Gasteiger partial charge >= 0.3 is 0 Å². The van der Waals surface area contributed by atoms with Crippen molar-refractivity contribution < 1.29 is 19.2 Å². The lowest BCUT2D eigenvalue weighted by Gasteiger charge is -2.14. The molecule has 0 saturated carbocycles. The molecule has 4 aromatic rings. The van der Waals surface area contributed by atoms with E-state index in [0.29, 0.717) is 34.0 Å². The third-order valence-corrected chi connectivity index (χ3v) is 13.5. The van der Waals surface area contributed by atoms with Crippen LogP contribution in [0.4, 0.5) is 5.00 Å². The van der Waals surface area contributed by atoms with Crippen LogP contribution in [0, 0.1) is 13.8 Å². The Balaban J connectivity index is 1.13. The van der Waals surface area contributed by atoms with Crippen LogP contribution < -0.4 is 0 Å². The van der Waals surface area contributed by atoms with Gasteiger partial charge in [-0.1, -0.05) is 52.4 Å². The SMILES string of the molecule is CCCCCCN1C(=O)c2sc(-c3ccc(/C=N/c4ccc(-c5sc6c(c5C)C(=O)N(CCCCCC)C6=O)s4)s3)c(C)c2C1=O. The van der Waals surface area contributed by atoms with Gasteiger partial charge in [0.25, 0.3) is 23.6 Å². The zero-order valence-corrected chi connectivity index (χ0v) is 29.8. The number of thiophene rings is 4. The van der Waals surface area contributed by atoms with Crippen molar-refractivity contribution in [2.45, 2.75) is 79.1 Å². The highest BCUT2D eigenvalue weighted by atomic mass is 32.1. The van der Waals surface area contributed by atoms with E-state index in [9.17, 15) is 19.2 Å². The zero-order valence-electron chi connectivity index (χ0n) is 26.6. The minimum atomic E-state index is -0.168. The lowest BCUT2D eigenvalue weighted by atomic mass is 10.1. The number of fused-ring (bicyclic) bond motifs is 2. The van der Waals surface area contributed by atoms with Crippen molar-refractivity contribution in [3.63, 3.8) is 0 Å². The topological polar surface area (TPSA) is 87.1 Å². The molecule has 0 aliphatic carbocycles. The summed E-state index contributed by atoms with van der Waals surface area (Å²) in [6.45, 7) is 9.12. The zero-order chi connectivity index (χ0) is 32.5. The summed E-state index contributed by atoms with van der Waals surface area (Å²) in [5.74, 6) is -0.663. The van der Waals surface area contributed by atoms with E-state index in [1.54, 1.807) is 11.3 Å².